The fraction of sp³-hybridized carbons (Fsp3) is 0.500. The van der Waals surface area contributed by atoms with Crippen molar-refractivity contribution in [2.24, 2.45) is 0 Å². The van der Waals surface area contributed by atoms with Crippen LogP contribution in [-0.4, -0.2) is 24.7 Å². The van der Waals surface area contributed by atoms with Crippen molar-refractivity contribution in [2.45, 2.75) is 52.4 Å². The van der Waals surface area contributed by atoms with Crippen molar-refractivity contribution in [3.05, 3.63) is 28.6 Å². The number of fused-ring (bicyclic) bond motifs is 1. The van der Waals surface area contributed by atoms with Crippen LogP contribution in [-0.2, 0) is 4.79 Å². The third-order valence-corrected chi connectivity index (χ3v) is 4.11. The van der Waals surface area contributed by atoms with Crippen molar-refractivity contribution in [3.8, 4) is 17.2 Å². The molecule has 0 spiro atoms. The quantitative estimate of drug-likeness (QED) is 0.507. The lowest BCUT2D eigenvalue weighted by atomic mass is 10.1. The molecule has 0 amide bonds. The number of H-pyrrole nitrogens is 1. The third-order valence-electron chi connectivity index (χ3n) is 4.11. The van der Waals surface area contributed by atoms with Crippen molar-refractivity contribution < 1.29 is 19.0 Å². The molecular weight excluding hydrogens is 334 g/mol. The van der Waals surface area contributed by atoms with Gasteiger partial charge in [0.2, 0.25) is 5.75 Å². The predicted octanol–water partition coefficient (Wildman–Crippen LogP) is 4.20. The van der Waals surface area contributed by atoms with E-state index in [4.69, 9.17) is 14.2 Å². The highest BCUT2D eigenvalue weighted by Crippen LogP contribution is 2.33. The Bertz CT molecular complexity index is 797. The predicted molar refractivity (Wildman–Crippen MR) is 101 cm³/mol. The minimum absolute atomic E-state index is 0.131. The zero-order chi connectivity index (χ0) is 18.9. The van der Waals surface area contributed by atoms with Gasteiger partial charge in [-0.25, -0.2) is 0 Å². The van der Waals surface area contributed by atoms with E-state index >= 15 is 0 Å². The maximum Gasteiger partial charge on any atom is 0.308 e. The van der Waals surface area contributed by atoms with Gasteiger partial charge in [-0.15, -0.1) is 0 Å². The zero-order valence-corrected chi connectivity index (χ0v) is 15.7. The van der Waals surface area contributed by atoms with Gasteiger partial charge in [-0.1, -0.05) is 39.0 Å². The van der Waals surface area contributed by atoms with Crippen molar-refractivity contribution in [1.82, 2.24) is 4.98 Å². The van der Waals surface area contributed by atoms with Gasteiger partial charge in [-0.3, -0.25) is 9.59 Å². The molecule has 0 aliphatic carbocycles. The number of nitrogens with one attached hydrogen (secondary N) is 1. The second-order valence-corrected chi connectivity index (χ2v) is 6.23. The van der Waals surface area contributed by atoms with Gasteiger partial charge in [0.25, 0.3) is 5.56 Å². The summed E-state index contributed by atoms with van der Waals surface area (Å²) in [5.74, 6) is 0.214. The Labute approximate surface area is 153 Å². The number of carbonyl (C=O) groups is 1. The zero-order valence-electron chi connectivity index (χ0n) is 15.7. The molecule has 0 aliphatic rings. The highest BCUT2D eigenvalue weighted by molar-refractivity contribution is 5.89. The Morgan fingerprint density at radius 1 is 1.08 bits per heavy atom. The van der Waals surface area contributed by atoms with Crippen LogP contribution in [0.25, 0.3) is 10.9 Å². The van der Waals surface area contributed by atoms with Crippen LogP contribution >= 0.6 is 0 Å². The number of carbonyl (C=O) groups excluding carboxylic acids is 1. The van der Waals surface area contributed by atoms with Crippen LogP contribution in [0.5, 0.6) is 17.2 Å². The molecule has 0 bridgehead atoms. The molecule has 2 rings (SSSR count). The number of methoxy groups -OCH3 is 1. The highest BCUT2D eigenvalue weighted by Gasteiger charge is 2.17. The van der Waals surface area contributed by atoms with Crippen LogP contribution in [0.15, 0.2) is 23.0 Å². The monoisotopic (exact) mass is 361 g/mol. The molecule has 1 heterocycles. The molecule has 0 aliphatic heterocycles. The second kappa shape index (κ2) is 9.85. The van der Waals surface area contributed by atoms with E-state index in [9.17, 15) is 9.59 Å². The van der Waals surface area contributed by atoms with Crippen LogP contribution < -0.4 is 19.8 Å². The Hall–Kier alpha value is -2.50. The molecule has 1 N–H and O–H groups in total. The van der Waals surface area contributed by atoms with Gasteiger partial charge >= 0.3 is 5.97 Å². The summed E-state index contributed by atoms with van der Waals surface area (Å²) in [4.78, 5) is 26.1. The van der Waals surface area contributed by atoms with Gasteiger partial charge < -0.3 is 19.2 Å². The van der Waals surface area contributed by atoms with Gasteiger partial charge in [0, 0.05) is 18.4 Å². The number of rotatable bonds is 10. The fourth-order valence-electron chi connectivity index (χ4n) is 2.83. The summed E-state index contributed by atoms with van der Waals surface area (Å²) in [5, 5.41) is 0.648. The first-order valence-electron chi connectivity index (χ1n) is 9.12. The van der Waals surface area contributed by atoms with Crippen LogP contribution in [0, 0.1) is 0 Å². The second-order valence-electron chi connectivity index (χ2n) is 6.23. The summed E-state index contributed by atoms with van der Waals surface area (Å²) in [6.45, 7) is 4.09. The number of benzene rings is 1. The maximum absolute atomic E-state index is 12.2. The molecule has 6 nitrogen and oxygen atoms in total. The van der Waals surface area contributed by atoms with Gasteiger partial charge in [0.1, 0.15) is 5.75 Å². The lowest BCUT2D eigenvalue weighted by Crippen LogP contribution is -2.15. The number of aromatic nitrogens is 1. The Balaban J connectivity index is 2.08. The Kier molecular flexibility index (Phi) is 7.51. The van der Waals surface area contributed by atoms with E-state index in [-0.39, 0.29) is 11.5 Å². The molecular formula is C20H27NO5. The number of esters is 1. The van der Waals surface area contributed by atoms with E-state index in [2.05, 4.69) is 11.9 Å². The smallest absolute Gasteiger partial charge is 0.308 e. The molecule has 1 aromatic heterocycles. The van der Waals surface area contributed by atoms with Crippen LogP contribution in [0.3, 0.4) is 0 Å². The van der Waals surface area contributed by atoms with Crippen molar-refractivity contribution in [1.29, 1.82) is 0 Å². The lowest BCUT2D eigenvalue weighted by molar-refractivity contribution is -0.132. The lowest BCUT2D eigenvalue weighted by Gasteiger charge is -2.12. The van der Waals surface area contributed by atoms with Gasteiger partial charge in [0.15, 0.2) is 5.75 Å². The number of hydrogen-bond donors (Lipinski definition) is 1. The first-order valence-corrected chi connectivity index (χ1v) is 9.12. The Morgan fingerprint density at radius 3 is 2.50 bits per heavy atom. The molecule has 142 valence electrons. The number of pyridine rings is 1. The number of aromatic amines is 1. The number of hydrogen-bond acceptors (Lipinski definition) is 5. The molecule has 0 radical (unpaired) electrons. The molecule has 0 saturated heterocycles. The van der Waals surface area contributed by atoms with E-state index in [1.54, 1.807) is 12.1 Å². The molecule has 26 heavy (non-hydrogen) atoms. The highest BCUT2D eigenvalue weighted by atomic mass is 16.6. The third kappa shape index (κ3) is 5.25. The van der Waals surface area contributed by atoms with E-state index < -0.39 is 11.5 Å². The summed E-state index contributed by atoms with van der Waals surface area (Å²) >= 11 is 0. The van der Waals surface area contributed by atoms with Crippen LogP contribution in [0.1, 0.15) is 52.4 Å². The van der Waals surface area contributed by atoms with Crippen LogP contribution in [0.4, 0.5) is 0 Å². The summed E-state index contributed by atoms with van der Waals surface area (Å²) in [6.07, 6.45) is 7.21. The summed E-state index contributed by atoms with van der Waals surface area (Å²) in [7, 11) is 1.43. The molecule has 0 atom stereocenters. The largest absolute Gasteiger partial charge is 0.494 e. The molecule has 1 aromatic carbocycles. The van der Waals surface area contributed by atoms with E-state index in [1.165, 1.54) is 39.7 Å². The van der Waals surface area contributed by atoms with Crippen molar-refractivity contribution in [2.75, 3.05) is 13.7 Å². The molecule has 6 heteroatoms. The first-order chi connectivity index (χ1) is 12.6. The average Bonchev–Trinajstić information content (AvgIpc) is 2.61. The maximum atomic E-state index is 12.2. The van der Waals surface area contributed by atoms with Gasteiger partial charge in [-0.05, 0) is 18.6 Å². The number of ether oxygens (including phenoxy) is 3. The summed E-state index contributed by atoms with van der Waals surface area (Å²) < 4.78 is 16.1. The molecule has 0 unspecified atom stereocenters. The van der Waals surface area contributed by atoms with E-state index in [0.717, 1.165) is 12.8 Å². The topological polar surface area (TPSA) is 77.6 Å². The minimum atomic E-state index is -0.577. The van der Waals surface area contributed by atoms with Crippen LogP contribution in [0.2, 0.25) is 0 Å². The van der Waals surface area contributed by atoms with Gasteiger partial charge in [-0.2, -0.15) is 0 Å². The molecule has 0 fully saturated rings. The van der Waals surface area contributed by atoms with Gasteiger partial charge in [0.05, 0.1) is 19.2 Å². The fourth-order valence-corrected chi connectivity index (χ4v) is 2.83. The first kappa shape index (κ1) is 19.8. The average molecular weight is 361 g/mol. The Morgan fingerprint density at radius 2 is 1.81 bits per heavy atom. The summed E-state index contributed by atoms with van der Waals surface area (Å²) in [6, 6.07) is 5.36. The summed E-state index contributed by atoms with van der Waals surface area (Å²) in [5.41, 5.74) is 0.0563. The SMILES string of the molecule is CCCCCCCCOc1ccc2c(OC)c(OC(C)=O)c(=O)[nH]c2c1. The number of unbranched alkanes of at least 4 members (excludes halogenated alkanes) is 5. The normalized spacial score (nSPS) is 10.7. The standard InChI is InChI=1S/C20H27NO5/c1-4-5-6-7-8-9-12-25-15-10-11-16-17(13-15)21-20(23)19(18(16)24-3)26-14(2)22/h10-11,13H,4-9,12H2,1-3H3,(H,21,23). The van der Waals surface area contributed by atoms with E-state index in [0.29, 0.717) is 23.3 Å². The minimum Gasteiger partial charge on any atom is -0.494 e. The molecule has 2 aromatic rings. The van der Waals surface area contributed by atoms with Crippen molar-refractivity contribution in [3.63, 3.8) is 0 Å². The van der Waals surface area contributed by atoms with E-state index in [1.807, 2.05) is 6.07 Å². The molecule has 0 saturated carbocycles. The van der Waals surface area contributed by atoms with Crippen molar-refractivity contribution >= 4 is 16.9 Å².